The third-order valence-corrected chi connectivity index (χ3v) is 4.71. The molecule has 1 aromatic heterocycles. The molecule has 27 heavy (non-hydrogen) atoms. The smallest absolute Gasteiger partial charge is 0.340 e. The van der Waals surface area contributed by atoms with E-state index in [1.165, 1.54) is 0 Å². The Labute approximate surface area is 157 Å². The number of carbonyl (C=O) groups excluding carboxylic acids is 2. The fourth-order valence-corrected chi connectivity index (χ4v) is 3.24. The number of fused-ring (bicyclic) bond motifs is 1. The van der Waals surface area contributed by atoms with Gasteiger partial charge in [0.15, 0.2) is 18.1 Å². The van der Waals surface area contributed by atoms with Crippen LogP contribution in [0.3, 0.4) is 0 Å². The van der Waals surface area contributed by atoms with Crippen molar-refractivity contribution in [3.8, 4) is 17.2 Å². The van der Waals surface area contributed by atoms with Gasteiger partial charge in [-0.2, -0.15) is 0 Å². The molecule has 4 rings (SSSR count). The highest BCUT2D eigenvalue weighted by Crippen LogP contribution is 2.33. The summed E-state index contributed by atoms with van der Waals surface area (Å²) in [5.74, 6) is 0.644. The number of esters is 1. The lowest BCUT2D eigenvalue weighted by atomic mass is 10.2. The first-order valence-electron chi connectivity index (χ1n) is 9.08. The number of carbonyl (C=O) groups is 2. The molecule has 7 heteroatoms. The fraction of sp³-hybridized carbons (Fsp3) is 0.400. The Morgan fingerprint density at radius 2 is 1.89 bits per heavy atom. The summed E-state index contributed by atoms with van der Waals surface area (Å²) in [5.41, 5.74) is 2.96. The molecule has 0 radical (unpaired) electrons. The normalized spacial score (nSPS) is 15.3. The van der Waals surface area contributed by atoms with Crippen LogP contribution in [-0.4, -0.2) is 42.3 Å². The summed E-state index contributed by atoms with van der Waals surface area (Å²) >= 11 is 0. The standard InChI is InChI=1S/C20H22N2O5/c1-12-9-16(20(24)27-11-19(23)21-14-3-4-14)13(2)22(12)15-5-6-17-18(10-15)26-8-7-25-17/h5-6,9-10,14H,3-4,7-8,11H2,1-2H3,(H,21,23). The molecule has 0 spiro atoms. The van der Waals surface area contributed by atoms with Crippen LogP contribution < -0.4 is 14.8 Å². The molecule has 2 aliphatic rings. The first kappa shape index (κ1) is 17.5. The monoisotopic (exact) mass is 370 g/mol. The Morgan fingerprint density at radius 1 is 1.15 bits per heavy atom. The first-order chi connectivity index (χ1) is 13.0. The lowest BCUT2D eigenvalue weighted by molar-refractivity contribution is -0.124. The Morgan fingerprint density at radius 3 is 2.63 bits per heavy atom. The molecule has 1 aliphatic heterocycles. The van der Waals surface area contributed by atoms with Gasteiger partial charge in [-0.1, -0.05) is 0 Å². The van der Waals surface area contributed by atoms with Gasteiger partial charge in [0.1, 0.15) is 13.2 Å². The number of hydrogen-bond acceptors (Lipinski definition) is 5. The lowest BCUT2D eigenvalue weighted by Gasteiger charge is -2.20. The highest BCUT2D eigenvalue weighted by atomic mass is 16.6. The topological polar surface area (TPSA) is 78.8 Å². The van der Waals surface area contributed by atoms with Crippen molar-refractivity contribution in [2.24, 2.45) is 0 Å². The Kier molecular flexibility index (Phi) is 4.51. The molecule has 0 atom stereocenters. The zero-order valence-corrected chi connectivity index (χ0v) is 15.4. The van der Waals surface area contributed by atoms with Crippen molar-refractivity contribution in [3.63, 3.8) is 0 Å². The summed E-state index contributed by atoms with van der Waals surface area (Å²) in [5, 5.41) is 2.80. The van der Waals surface area contributed by atoms with Gasteiger partial charge in [0.25, 0.3) is 5.91 Å². The number of amides is 1. The van der Waals surface area contributed by atoms with E-state index in [2.05, 4.69) is 5.32 Å². The van der Waals surface area contributed by atoms with Crippen molar-refractivity contribution < 1.29 is 23.8 Å². The van der Waals surface area contributed by atoms with E-state index < -0.39 is 5.97 Å². The molecule has 0 saturated heterocycles. The first-order valence-corrected chi connectivity index (χ1v) is 9.08. The summed E-state index contributed by atoms with van der Waals surface area (Å²) in [7, 11) is 0. The zero-order chi connectivity index (χ0) is 19.0. The molecule has 142 valence electrons. The third kappa shape index (κ3) is 3.63. The number of hydrogen-bond donors (Lipinski definition) is 1. The van der Waals surface area contributed by atoms with E-state index in [0.717, 1.165) is 29.9 Å². The Bertz CT molecular complexity index is 898. The van der Waals surface area contributed by atoms with Crippen molar-refractivity contribution in [2.45, 2.75) is 32.7 Å². The number of nitrogens with one attached hydrogen (secondary N) is 1. The Hall–Kier alpha value is -2.96. The van der Waals surface area contributed by atoms with Gasteiger partial charge in [-0.05, 0) is 44.9 Å². The molecule has 1 saturated carbocycles. The quantitative estimate of drug-likeness (QED) is 0.817. The maximum atomic E-state index is 12.4. The van der Waals surface area contributed by atoms with Gasteiger partial charge in [-0.15, -0.1) is 0 Å². The summed E-state index contributed by atoms with van der Waals surface area (Å²) in [4.78, 5) is 24.2. The van der Waals surface area contributed by atoms with Crippen LogP contribution in [0.5, 0.6) is 11.5 Å². The van der Waals surface area contributed by atoms with Crippen LogP contribution in [0.15, 0.2) is 24.3 Å². The number of aryl methyl sites for hydroxylation is 1. The van der Waals surface area contributed by atoms with E-state index in [4.69, 9.17) is 14.2 Å². The molecule has 1 aromatic carbocycles. The second-order valence-electron chi connectivity index (χ2n) is 6.87. The summed E-state index contributed by atoms with van der Waals surface area (Å²) < 4.78 is 18.3. The minimum absolute atomic E-state index is 0.247. The maximum Gasteiger partial charge on any atom is 0.340 e. The molecule has 1 fully saturated rings. The number of aromatic nitrogens is 1. The molecular weight excluding hydrogens is 348 g/mol. The van der Waals surface area contributed by atoms with Gasteiger partial charge < -0.3 is 24.1 Å². The molecule has 0 unspecified atom stereocenters. The zero-order valence-electron chi connectivity index (χ0n) is 15.4. The van der Waals surface area contributed by atoms with Gasteiger partial charge in [-0.3, -0.25) is 4.79 Å². The largest absolute Gasteiger partial charge is 0.486 e. The lowest BCUT2D eigenvalue weighted by Crippen LogP contribution is -2.30. The van der Waals surface area contributed by atoms with Crippen molar-refractivity contribution in [1.82, 2.24) is 9.88 Å². The van der Waals surface area contributed by atoms with E-state index in [9.17, 15) is 9.59 Å². The number of nitrogens with zero attached hydrogens (tertiary/aromatic N) is 1. The number of benzene rings is 1. The minimum Gasteiger partial charge on any atom is -0.486 e. The fourth-order valence-electron chi connectivity index (χ4n) is 3.24. The van der Waals surface area contributed by atoms with Crippen LogP contribution in [0.4, 0.5) is 0 Å². The second-order valence-corrected chi connectivity index (χ2v) is 6.87. The highest BCUT2D eigenvalue weighted by molar-refractivity contribution is 5.93. The van der Waals surface area contributed by atoms with E-state index in [0.29, 0.717) is 30.3 Å². The van der Waals surface area contributed by atoms with Crippen LogP contribution in [0, 0.1) is 13.8 Å². The summed E-state index contributed by atoms with van der Waals surface area (Å²) in [6.07, 6.45) is 1.99. The van der Waals surface area contributed by atoms with E-state index in [1.807, 2.05) is 36.6 Å². The molecule has 7 nitrogen and oxygen atoms in total. The van der Waals surface area contributed by atoms with Crippen LogP contribution in [0.25, 0.3) is 5.69 Å². The van der Waals surface area contributed by atoms with Gasteiger partial charge in [0.2, 0.25) is 0 Å². The summed E-state index contributed by atoms with van der Waals surface area (Å²) in [6, 6.07) is 7.70. The molecule has 1 N–H and O–H groups in total. The molecular formula is C20H22N2O5. The van der Waals surface area contributed by atoms with Crippen LogP contribution >= 0.6 is 0 Å². The SMILES string of the molecule is Cc1cc(C(=O)OCC(=O)NC2CC2)c(C)n1-c1ccc2c(c1)OCCO2. The van der Waals surface area contributed by atoms with Gasteiger partial charge in [-0.25, -0.2) is 4.79 Å². The molecule has 1 aliphatic carbocycles. The highest BCUT2D eigenvalue weighted by Gasteiger charge is 2.24. The van der Waals surface area contributed by atoms with Crippen molar-refractivity contribution in [1.29, 1.82) is 0 Å². The minimum atomic E-state index is -0.502. The molecule has 2 heterocycles. The van der Waals surface area contributed by atoms with Gasteiger partial charge in [0.05, 0.1) is 5.56 Å². The van der Waals surface area contributed by atoms with Gasteiger partial charge in [0, 0.05) is 29.2 Å². The Balaban J connectivity index is 1.52. The number of rotatable bonds is 5. The second kappa shape index (κ2) is 6.98. The molecule has 2 aromatic rings. The van der Waals surface area contributed by atoms with E-state index >= 15 is 0 Å². The van der Waals surface area contributed by atoms with Crippen LogP contribution in [0.2, 0.25) is 0 Å². The average molecular weight is 370 g/mol. The van der Waals surface area contributed by atoms with Crippen LogP contribution in [0.1, 0.15) is 34.6 Å². The maximum absolute atomic E-state index is 12.4. The van der Waals surface area contributed by atoms with E-state index in [1.54, 1.807) is 6.07 Å². The molecule has 1 amide bonds. The van der Waals surface area contributed by atoms with Gasteiger partial charge >= 0.3 is 5.97 Å². The van der Waals surface area contributed by atoms with E-state index in [-0.39, 0.29) is 18.6 Å². The molecule has 0 bridgehead atoms. The third-order valence-electron chi connectivity index (χ3n) is 4.71. The van der Waals surface area contributed by atoms with Crippen molar-refractivity contribution in [3.05, 3.63) is 41.2 Å². The van der Waals surface area contributed by atoms with Crippen molar-refractivity contribution in [2.75, 3.05) is 19.8 Å². The average Bonchev–Trinajstić information content (AvgIpc) is 3.42. The van der Waals surface area contributed by atoms with Crippen LogP contribution in [-0.2, 0) is 9.53 Å². The van der Waals surface area contributed by atoms with Crippen molar-refractivity contribution >= 4 is 11.9 Å². The predicted octanol–water partition coefficient (Wildman–Crippen LogP) is 2.30. The summed E-state index contributed by atoms with van der Waals surface area (Å²) in [6.45, 7) is 4.56. The number of ether oxygens (including phenoxy) is 3. The predicted molar refractivity (Wildman–Crippen MR) is 97.7 cm³/mol.